The van der Waals surface area contributed by atoms with E-state index in [0.717, 1.165) is 29.8 Å². The topological polar surface area (TPSA) is 47.4 Å². The molecule has 0 unspecified atom stereocenters. The first-order valence-electron chi connectivity index (χ1n) is 11.6. The molecule has 0 N–H and O–H groups in total. The molecule has 5 nitrogen and oxygen atoms in total. The lowest BCUT2D eigenvalue weighted by Crippen LogP contribution is -2.33. The van der Waals surface area contributed by atoms with Gasteiger partial charge in [-0.2, -0.15) is 5.10 Å². The molecule has 34 heavy (non-hydrogen) atoms. The monoisotopic (exact) mass is 455 g/mol. The molecular formula is C28H26FN3O2. The minimum atomic E-state index is -0.376. The number of benzene rings is 3. The van der Waals surface area contributed by atoms with E-state index in [4.69, 9.17) is 9.84 Å². The molecule has 1 aromatic heterocycles. The van der Waals surface area contributed by atoms with Crippen molar-refractivity contribution in [2.45, 2.75) is 38.8 Å². The van der Waals surface area contributed by atoms with E-state index in [2.05, 4.69) is 0 Å². The summed E-state index contributed by atoms with van der Waals surface area (Å²) < 4.78 is 21.9. The van der Waals surface area contributed by atoms with E-state index in [1.165, 1.54) is 12.1 Å². The molecule has 0 atom stereocenters. The van der Waals surface area contributed by atoms with Gasteiger partial charge in [0.15, 0.2) is 0 Å². The van der Waals surface area contributed by atoms with E-state index in [-0.39, 0.29) is 17.8 Å². The summed E-state index contributed by atoms with van der Waals surface area (Å²) in [6, 6.07) is 25.3. The predicted octanol–water partition coefficient (Wildman–Crippen LogP) is 6.17. The Kier molecular flexibility index (Phi) is 6.12. The molecule has 5 rings (SSSR count). The fourth-order valence-corrected chi connectivity index (χ4v) is 4.08. The summed E-state index contributed by atoms with van der Waals surface area (Å²) >= 11 is 0. The van der Waals surface area contributed by atoms with Gasteiger partial charge in [0, 0.05) is 17.7 Å². The van der Waals surface area contributed by atoms with Crippen molar-refractivity contribution in [1.29, 1.82) is 0 Å². The number of amides is 1. The Morgan fingerprint density at radius 3 is 2.38 bits per heavy atom. The molecule has 1 amide bonds. The van der Waals surface area contributed by atoms with E-state index >= 15 is 0 Å². The highest BCUT2D eigenvalue weighted by Crippen LogP contribution is 2.36. The molecule has 0 spiro atoms. The first-order chi connectivity index (χ1) is 16.6. The van der Waals surface area contributed by atoms with Crippen LogP contribution in [0.25, 0.3) is 5.69 Å². The highest BCUT2D eigenvalue weighted by Gasteiger charge is 2.35. The molecule has 0 saturated heterocycles. The third-order valence-electron chi connectivity index (χ3n) is 5.96. The van der Waals surface area contributed by atoms with Gasteiger partial charge in [-0.05, 0) is 55.7 Å². The molecule has 3 aromatic carbocycles. The zero-order chi connectivity index (χ0) is 23.5. The zero-order valence-electron chi connectivity index (χ0n) is 19.0. The second kappa shape index (κ2) is 9.51. The lowest BCUT2D eigenvalue weighted by molar-refractivity contribution is 0.0728. The second-order valence-corrected chi connectivity index (χ2v) is 8.42. The van der Waals surface area contributed by atoms with Crippen molar-refractivity contribution in [3.63, 3.8) is 0 Å². The Balaban J connectivity index is 1.58. The van der Waals surface area contributed by atoms with Crippen molar-refractivity contribution >= 4 is 5.91 Å². The number of hydrogen-bond donors (Lipinski definition) is 0. The minimum Gasteiger partial charge on any atom is -0.438 e. The van der Waals surface area contributed by atoms with Crippen molar-refractivity contribution < 1.29 is 13.9 Å². The molecule has 1 saturated carbocycles. The van der Waals surface area contributed by atoms with Gasteiger partial charge in [-0.25, -0.2) is 9.07 Å². The van der Waals surface area contributed by atoms with Gasteiger partial charge in [0.05, 0.1) is 23.5 Å². The Hall–Kier alpha value is -3.93. The van der Waals surface area contributed by atoms with Crippen LogP contribution < -0.4 is 4.74 Å². The Morgan fingerprint density at radius 2 is 1.74 bits per heavy atom. The Morgan fingerprint density at radius 1 is 1.03 bits per heavy atom. The summed E-state index contributed by atoms with van der Waals surface area (Å²) in [7, 11) is 0. The molecule has 6 heteroatoms. The van der Waals surface area contributed by atoms with Crippen LogP contribution in [0.5, 0.6) is 11.6 Å². The van der Waals surface area contributed by atoms with Gasteiger partial charge in [-0.15, -0.1) is 0 Å². The number of carbonyl (C=O) groups excluding carboxylic acids is 1. The van der Waals surface area contributed by atoms with Gasteiger partial charge in [0.25, 0.3) is 5.91 Å². The average Bonchev–Trinajstić information content (AvgIpc) is 3.66. The standard InChI is InChI=1S/C28H26FN3O2/c1-2-26-25(19-31(22-16-17-22)27(33)20-10-5-3-6-11-20)28(34-24-15-9-12-21(29)18-24)32(30-26)23-13-7-4-8-14-23/h3-15,18,22H,2,16-17,19H2,1H3. The van der Waals surface area contributed by atoms with Crippen LogP contribution >= 0.6 is 0 Å². The van der Waals surface area contributed by atoms with Crippen molar-refractivity contribution in [3.05, 3.63) is 108 Å². The van der Waals surface area contributed by atoms with E-state index in [1.807, 2.05) is 72.5 Å². The van der Waals surface area contributed by atoms with Crippen LogP contribution in [0.2, 0.25) is 0 Å². The number of hydrogen-bond acceptors (Lipinski definition) is 3. The largest absolute Gasteiger partial charge is 0.438 e. The number of carbonyl (C=O) groups is 1. The van der Waals surface area contributed by atoms with Gasteiger partial charge in [-0.3, -0.25) is 4.79 Å². The summed E-state index contributed by atoms with van der Waals surface area (Å²) in [5.74, 6) is 0.502. The number of ether oxygens (including phenoxy) is 1. The van der Waals surface area contributed by atoms with Crippen LogP contribution in [0, 0.1) is 5.82 Å². The third-order valence-corrected chi connectivity index (χ3v) is 5.96. The molecule has 1 heterocycles. The van der Waals surface area contributed by atoms with E-state index in [1.54, 1.807) is 16.8 Å². The van der Waals surface area contributed by atoms with Gasteiger partial charge in [0.2, 0.25) is 5.88 Å². The first kappa shape index (κ1) is 21.9. The van der Waals surface area contributed by atoms with Gasteiger partial charge < -0.3 is 9.64 Å². The fraction of sp³-hybridized carbons (Fsp3) is 0.214. The van der Waals surface area contributed by atoms with Crippen molar-refractivity contribution in [1.82, 2.24) is 14.7 Å². The first-order valence-corrected chi connectivity index (χ1v) is 11.6. The summed E-state index contributed by atoms with van der Waals surface area (Å²) in [6.07, 6.45) is 2.63. The molecule has 1 aliphatic carbocycles. The zero-order valence-corrected chi connectivity index (χ0v) is 19.0. The number of halogens is 1. The SMILES string of the molecule is CCc1nn(-c2ccccc2)c(Oc2cccc(F)c2)c1CN(C(=O)c1ccccc1)C1CC1. The Bertz CT molecular complexity index is 1280. The van der Waals surface area contributed by atoms with Crippen LogP contribution in [0.4, 0.5) is 4.39 Å². The molecule has 1 fully saturated rings. The highest BCUT2D eigenvalue weighted by molar-refractivity contribution is 5.94. The Labute approximate surface area is 198 Å². The maximum absolute atomic E-state index is 13.9. The quantitative estimate of drug-likeness (QED) is 0.319. The van der Waals surface area contributed by atoms with Crippen LogP contribution in [0.3, 0.4) is 0 Å². The van der Waals surface area contributed by atoms with Crippen molar-refractivity contribution in [2.75, 3.05) is 0 Å². The lowest BCUT2D eigenvalue weighted by Gasteiger charge is -2.23. The summed E-state index contributed by atoms with van der Waals surface area (Å²) in [5, 5.41) is 4.84. The second-order valence-electron chi connectivity index (χ2n) is 8.42. The fourth-order valence-electron chi connectivity index (χ4n) is 4.08. The minimum absolute atomic E-state index is 0.00526. The predicted molar refractivity (Wildman–Crippen MR) is 129 cm³/mol. The lowest BCUT2D eigenvalue weighted by atomic mass is 10.1. The summed E-state index contributed by atoms with van der Waals surface area (Å²) in [6.45, 7) is 2.41. The summed E-state index contributed by atoms with van der Waals surface area (Å²) in [5.41, 5.74) is 3.19. The van der Waals surface area contributed by atoms with Gasteiger partial charge in [0.1, 0.15) is 11.6 Å². The van der Waals surface area contributed by atoms with Gasteiger partial charge >= 0.3 is 0 Å². The van der Waals surface area contributed by atoms with Crippen LogP contribution in [0.1, 0.15) is 41.4 Å². The van der Waals surface area contributed by atoms with Crippen LogP contribution in [-0.2, 0) is 13.0 Å². The molecule has 4 aromatic rings. The summed E-state index contributed by atoms with van der Waals surface area (Å²) in [4.78, 5) is 15.3. The third kappa shape index (κ3) is 4.57. The smallest absolute Gasteiger partial charge is 0.254 e. The van der Waals surface area contributed by atoms with Gasteiger partial charge in [-0.1, -0.05) is 49.4 Å². The van der Waals surface area contributed by atoms with E-state index in [9.17, 15) is 9.18 Å². The molecular weight excluding hydrogens is 429 g/mol. The number of aromatic nitrogens is 2. The number of rotatable bonds is 8. The molecule has 172 valence electrons. The maximum Gasteiger partial charge on any atom is 0.254 e. The van der Waals surface area contributed by atoms with E-state index < -0.39 is 0 Å². The van der Waals surface area contributed by atoms with Crippen LogP contribution in [0.15, 0.2) is 84.9 Å². The van der Waals surface area contributed by atoms with E-state index in [0.29, 0.717) is 30.2 Å². The number of para-hydroxylation sites is 1. The average molecular weight is 456 g/mol. The molecule has 0 aliphatic heterocycles. The highest BCUT2D eigenvalue weighted by atomic mass is 19.1. The molecule has 0 bridgehead atoms. The number of aryl methyl sites for hydroxylation is 1. The van der Waals surface area contributed by atoms with Crippen LogP contribution in [-0.4, -0.2) is 26.6 Å². The maximum atomic E-state index is 13.9. The normalized spacial score (nSPS) is 13.0. The number of nitrogens with zero attached hydrogens (tertiary/aromatic N) is 3. The van der Waals surface area contributed by atoms with Crippen molar-refractivity contribution in [2.24, 2.45) is 0 Å². The van der Waals surface area contributed by atoms with Crippen molar-refractivity contribution in [3.8, 4) is 17.3 Å². The molecule has 1 aliphatic rings. The molecule has 0 radical (unpaired) electrons.